The third-order valence-corrected chi connectivity index (χ3v) is 3.15. The summed E-state index contributed by atoms with van der Waals surface area (Å²) in [4.78, 5) is 16.0. The van der Waals surface area contributed by atoms with Gasteiger partial charge in [-0.3, -0.25) is 4.79 Å². The molecule has 1 aromatic heterocycles. The normalized spacial score (nSPS) is 11.3. The molecule has 0 saturated carbocycles. The van der Waals surface area contributed by atoms with Crippen molar-refractivity contribution in [1.29, 1.82) is 0 Å². The van der Waals surface area contributed by atoms with Crippen molar-refractivity contribution in [2.75, 3.05) is 18.5 Å². The van der Waals surface area contributed by atoms with Gasteiger partial charge in [-0.2, -0.15) is 0 Å². The lowest BCUT2D eigenvalue weighted by molar-refractivity contribution is -0.0168. The molecule has 2 aromatic rings. The van der Waals surface area contributed by atoms with Crippen molar-refractivity contribution >= 4 is 11.6 Å². The van der Waals surface area contributed by atoms with Gasteiger partial charge in [-0.05, 0) is 39.0 Å². The molecule has 0 radical (unpaired) electrons. The van der Waals surface area contributed by atoms with Gasteiger partial charge >= 0.3 is 0 Å². The Bertz CT molecular complexity index is 774. The summed E-state index contributed by atoms with van der Waals surface area (Å²) in [6.45, 7) is 6.44. The Kier molecular flexibility index (Phi) is 6.20. The second kappa shape index (κ2) is 8.18. The molecule has 0 aliphatic heterocycles. The predicted molar refractivity (Wildman–Crippen MR) is 89.7 cm³/mol. The average molecular weight is 368 g/mol. The maximum Gasteiger partial charge on any atom is 0.257 e. The van der Waals surface area contributed by atoms with E-state index in [2.05, 4.69) is 10.3 Å². The summed E-state index contributed by atoms with van der Waals surface area (Å²) in [5.41, 5.74) is -0.630. The molecule has 2 rings (SSSR count). The zero-order valence-electron chi connectivity index (χ0n) is 14.6. The third kappa shape index (κ3) is 5.45. The number of pyridine rings is 1. The minimum atomic E-state index is -1.65. The van der Waals surface area contributed by atoms with Crippen LogP contribution >= 0.6 is 0 Å². The number of amides is 1. The van der Waals surface area contributed by atoms with Gasteiger partial charge in [-0.25, -0.2) is 18.2 Å². The predicted octanol–water partition coefficient (Wildman–Crippen LogP) is 3.95. The van der Waals surface area contributed by atoms with Gasteiger partial charge in [-0.1, -0.05) is 0 Å². The molecule has 140 valence electrons. The molecule has 0 saturated heterocycles. The maximum absolute atomic E-state index is 13.6. The van der Waals surface area contributed by atoms with Gasteiger partial charge in [0.05, 0.1) is 23.5 Å². The van der Waals surface area contributed by atoms with Crippen LogP contribution < -0.4 is 10.1 Å². The number of halogens is 3. The van der Waals surface area contributed by atoms with Crippen LogP contribution in [0.25, 0.3) is 0 Å². The molecule has 0 bridgehead atoms. The first-order valence-corrected chi connectivity index (χ1v) is 7.85. The maximum atomic E-state index is 13.6. The quantitative estimate of drug-likeness (QED) is 0.620. The number of nitrogens with one attached hydrogen (secondary N) is 1. The topological polar surface area (TPSA) is 60.5 Å². The van der Waals surface area contributed by atoms with Crippen molar-refractivity contribution in [1.82, 2.24) is 4.98 Å². The van der Waals surface area contributed by atoms with Crippen molar-refractivity contribution < 1.29 is 27.4 Å². The molecule has 1 heterocycles. The van der Waals surface area contributed by atoms with E-state index >= 15 is 0 Å². The van der Waals surface area contributed by atoms with E-state index in [4.69, 9.17) is 9.47 Å². The number of ether oxygens (including phenoxy) is 2. The van der Waals surface area contributed by atoms with Gasteiger partial charge in [0, 0.05) is 12.3 Å². The van der Waals surface area contributed by atoms with E-state index in [1.165, 1.54) is 18.3 Å². The summed E-state index contributed by atoms with van der Waals surface area (Å²) >= 11 is 0. The fourth-order valence-electron chi connectivity index (χ4n) is 1.91. The van der Waals surface area contributed by atoms with Crippen molar-refractivity contribution in [2.24, 2.45) is 0 Å². The average Bonchev–Trinajstić information content (AvgIpc) is 2.59. The number of hydrogen-bond acceptors (Lipinski definition) is 4. The Labute approximate surface area is 149 Å². The Balaban J connectivity index is 1.93. The minimum absolute atomic E-state index is 0.104. The van der Waals surface area contributed by atoms with Crippen LogP contribution in [-0.2, 0) is 4.74 Å². The summed E-state index contributed by atoms with van der Waals surface area (Å²) in [7, 11) is 0. The van der Waals surface area contributed by atoms with E-state index in [-0.39, 0.29) is 23.7 Å². The van der Waals surface area contributed by atoms with Crippen LogP contribution in [0.4, 0.5) is 18.9 Å². The van der Waals surface area contributed by atoms with Crippen LogP contribution in [0.1, 0.15) is 31.1 Å². The molecule has 1 amide bonds. The second-order valence-electron chi connectivity index (χ2n) is 6.37. The summed E-state index contributed by atoms with van der Waals surface area (Å²) in [5.74, 6) is -4.88. The molecule has 0 aliphatic rings. The summed E-state index contributed by atoms with van der Waals surface area (Å²) in [5, 5.41) is 2.16. The van der Waals surface area contributed by atoms with Crippen molar-refractivity contribution in [3.05, 3.63) is 53.5 Å². The van der Waals surface area contributed by atoms with Gasteiger partial charge in [0.25, 0.3) is 5.91 Å². The lowest BCUT2D eigenvalue weighted by Crippen LogP contribution is -2.22. The van der Waals surface area contributed by atoms with E-state index in [0.29, 0.717) is 6.61 Å². The van der Waals surface area contributed by atoms with Crippen LogP contribution in [0.3, 0.4) is 0 Å². The highest BCUT2D eigenvalue weighted by Gasteiger charge is 2.16. The van der Waals surface area contributed by atoms with Crippen LogP contribution in [0.2, 0.25) is 0 Å². The number of hydrogen-bond donors (Lipinski definition) is 1. The van der Waals surface area contributed by atoms with E-state index in [9.17, 15) is 18.0 Å². The van der Waals surface area contributed by atoms with Crippen molar-refractivity contribution in [2.45, 2.75) is 26.4 Å². The lowest BCUT2D eigenvalue weighted by Gasteiger charge is -2.19. The first kappa shape index (κ1) is 19.7. The molecule has 1 N–H and O–H groups in total. The van der Waals surface area contributed by atoms with Gasteiger partial charge in [0.15, 0.2) is 17.5 Å². The first-order chi connectivity index (χ1) is 12.2. The SMILES string of the molecule is CC(C)(C)OCCOc1ccc(C(=O)Nc2ccc(F)c(F)c2F)cn1. The van der Waals surface area contributed by atoms with Gasteiger partial charge in [0.2, 0.25) is 5.88 Å². The Morgan fingerprint density at radius 3 is 2.42 bits per heavy atom. The lowest BCUT2D eigenvalue weighted by atomic mass is 10.2. The Hall–Kier alpha value is -2.61. The number of nitrogens with zero attached hydrogens (tertiary/aromatic N) is 1. The summed E-state index contributed by atoms with van der Waals surface area (Å²) < 4.78 is 50.5. The smallest absolute Gasteiger partial charge is 0.257 e. The minimum Gasteiger partial charge on any atom is -0.475 e. The van der Waals surface area contributed by atoms with E-state index in [1.807, 2.05) is 20.8 Å². The molecule has 0 aliphatic carbocycles. The highest BCUT2D eigenvalue weighted by Crippen LogP contribution is 2.20. The first-order valence-electron chi connectivity index (χ1n) is 7.85. The molecule has 1 aromatic carbocycles. The van der Waals surface area contributed by atoms with E-state index in [1.54, 1.807) is 0 Å². The molecule has 0 unspecified atom stereocenters. The highest BCUT2D eigenvalue weighted by atomic mass is 19.2. The fraction of sp³-hybridized carbons (Fsp3) is 0.333. The third-order valence-electron chi connectivity index (χ3n) is 3.15. The fourth-order valence-corrected chi connectivity index (χ4v) is 1.91. The van der Waals surface area contributed by atoms with Crippen LogP contribution in [-0.4, -0.2) is 29.7 Å². The van der Waals surface area contributed by atoms with Crippen LogP contribution in [0.5, 0.6) is 5.88 Å². The number of carbonyl (C=O) groups excluding carboxylic acids is 1. The number of rotatable bonds is 6. The highest BCUT2D eigenvalue weighted by molar-refractivity contribution is 6.04. The largest absolute Gasteiger partial charge is 0.475 e. The molecule has 0 atom stereocenters. The summed E-state index contributed by atoms with van der Waals surface area (Å²) in [6.07, 6.45) is 1.23. The molecule has 0 fully saturated rings. The molecule has 26 heavy (non-hydrogen) atoms. The number of anilines is 1. The molecule has 0 spiro atoms. The van der Waals surface area contributed by atoms with Gasteiger partial charge in [-0.15, -0.1) is 0 Å². The van der Waals surface area contributed by atoms with Crippen LogP contribution in [0, 0.1) is 17.5 Å². The Morgan fingerprint density at radius 1 is 1.08 bits per heavy atom. The number of benzene rings is 1. The molecule has 8 heteroatoms. The van der Waals surface area contributed by atoms with Gasteiger partial charge in [0.1, 0.15) is 6.61 Å². The van der Waals surface area contributed by atoms with E-state index < -0.39 is 29.0 Å². The summed E-state index contributed by atoms with van der Waals surface area (Å²) in [6, 6.07) is 4.54. The number of carbonyl (C=O) groups is 1. The van der Waals surface area contributed by atoms with Crippen LogP contribution in [0.15, 0.2) is 30.5 Å². The zero-order valence-corrected chi connectivity index (χ0v) is 14.6. The second-order valence-corrected chi connectivity index (χ2v) is 6.37. The zero-order chi connectivity index (χ0) is 19.3. The number of aromatic nitrogens is 1. The van der Waals surface area contributed by atoms with Gasteiger partial charge < -0.3 is 14.8 Å². The Morgan fingerprint density at radius 2 is 1.81 bits per heavy atom. The molecule has 5 nitrogen and oxygen atoms in total. The monoisotopic (exact) mass is 368 g/mol. The van der Waals surface area contributed by atoms with Crippen molar-refractivity contribution in [3.8, 4) is 5.88 Å². The standard InChI is InChI=1S/C18H19F3N2O3/c1-18(2,3)26-9-8-25-14-7-4-11(10-22-14)17(24)23-13-6-5-12(19)15(20)16(13)21/h4-7,10H,8-9H2,1-3H3,(H,23,24). The molecular weight excluding hydrogens is 349 g/mol. The molecular formula is C18H19F3N2O3. The van der Waals surface area contributed by atoms with Crippen molar-refractivity contribution in [3.63, 3.8) is 0 Å². The van der Waals surface area contributed by atoms with E-state index in [0.717, 1.165) is 12.1 Å².